The van der Waals surface area contributed by atoms with Gasteiger partial charge in [0.2, 0.25) is 5.89 Å². The standard InChI is InChI=1S/C10H15N3O2/c1-3-5-8(11)10-12-9(13-15-10)6-4-7-14-2/h1,8H,4-7,11H2,2H3. The summed E-state index contributed by atoms with van der Waals surface area (Å²) in [7, 11) is 1.66. The summed E-state index contributed by atoms with van der Waals surface area (Å²) in [5.41, 5.74) is 5.71. The van der Waals surface area contributed by atoms with E-state index < -0.39 is 0 Å². The molecule has 1 unspecified atom stereocenters. The molecule has 0 saturated heterocycles. The Labute approximate surface area is 89.0 Å². The Hall–Kier alpha value is -1.38. The van der Waals surface area contributed by atoms with Crippen molar-refractivity contribution in [3.05, 3.63) is 11.7 Å². The predicted octanol–water partition coefficient (Wildman–Crippen LogP) is 0.672. The Morgan fingerprint density at radius 2 is 2.47 bits per heavy atom. The first kappa shape index (κ1) is 11.7. The lowest BCUT2D eigenvalue weighted by molar-refractivity contribution is 0.194. The van der Waals surface area contributed by atoms with Crippen LogP contribution in [0.2, 0.25) is 0 Å². The van der Waals surface area contributed by atoms with Gasteiger partial charge in [-0.1, -0.05) is 5.16 Å². The van der Waals surface area contributed by atoms with E-state index in [0.29, 0.717) is 24.7 Å². The molecular formula is C10H15N3O2. The highest BCUT2D eigenvalue weighted by Gasteiger charge is 2.13. The summed E-state index contributed by atoms with van der Waals surface area (Å²) in [6.45, 7) is 0.681. The molecule has 5 nitrogen and oxygen atoms in total. The number of ether oxygens (including phenoxy) is 1. The van der Waals surface area contributed by atoms with Gasteiger partial charge >= 0.3 is 0 Å². The second kappa shape index (κ2) is 6.17. The van der Waals surface area contributed by atoms with Crippen LogP contribution in [-0.2, 0) is 11.2 Å². The van der Waals surface area contributed by atoms with Gasteiger partial charge in [-0.15, -0.1) is 12.3 Å². The predicted molar refractivity (Wildman–Crippen MR) is 54.9 cm³/mol. The lowest BCUT2D eigenvalue weighted by atomic mass is 10.2. The van der Waals surface area contributed by atoms with Gasteiger partial charge in [0.25, 0.3) is 0 Å². The molecule has 0 aromatic carbocycles. The highest BCUT2D eigenvalue weighted by Crippen LogP contribution is 2.11. The number of aryl methyl sites for hydroxylation is 1. The second-order valence-corrected chi connectivity index (χ2v) is 3.16. The SMILES string of the molecule is C#CCC(N)c1nc(CCCOC)no1. The van der Waals surface area contributed by atoms with Crippen LogP contribution in [-0.4, -0.2) is 23.9 Å². The molecule has 2 N–H and O–H groups in total. The summed E-state index contributed by atoms with van der Waals surface area (Å²) in [6.07, 6.45) is 7.12. The van der Waals surface area contributed by atoms with Crippen LogP contribution in [0.15, 0.2) is 4.52 Å². The highest BCUT2D eigenvalue weighted by molar-refractivity contribution is 4.98. The minimum absolute atomic E-state index is 0.362. The first-order valence-corrected chi connectivity index (χ1v) is 4.78. The minimum Gasteiger partial charge on any atom is -0.385 e. The van der Waals surface area contributed by atoms with Crippen molar-refractivity contribution in [1.82, 2.24) is 10.1 Å². The summed E-state index contributed by atoms with van der Waals surface area (Å²) in [5, 5.41) is 3.80. The van der Waals surface area contributed by atoms with Crippen LogP contribution in [0, 0.1) is 12.3 Å². The van der Waals surface area contributed by atoms with E-state index in [0.717, 1.165) is 12.8 Å². The van der Waals surface area contributed by atoms with Crippen molar-refractivity contribution >= 4 is 0 Å². The maximum atomic E-state index is 5.71. The van der Waals surface area contributed by atoms with E-state index in [1.54, 1.807) is 7.11 Å². The number of nitrogens with two attached hydrogens (primary N) is 1. The van der Waals surface area contributed by atoms with Crippen LogP contribution >= 0.6 is 0 Å². The van der Waals surface area contributed by atoms with Gasteiger partial charge in [0.15, 0.2) is 5.82 Å². The zero-order chi connectivity index (χ0) is 11.1. The van der Waals surface area contributed by atoms with Gasteiger partial charge in [0.1, 0.15) is 0 Å². The van der Waals surface area contributed by atoms with E-state index in [4.69, 9.17) is 21.4 Å². The van der Waals surface area contributed by atoms with Crippen LogP contribution in [0.1, 0.15) is 30.6 Å². The van der Waals surface area contributed by atoms with E-state index in [2.05, 4.69) is 16.1 Å². The van der Waals surface area contributed by atoms with Crippen molar-refractivity contribution in [2.45, 2.75) is 25.3 Å². The van der Waals surface area contributed by atoms with E-state index in [9.17, 15) is 0 Å². The number of nitrogens with zero attached hydrogens (tertiary/aromatic N) is 2. The van der Waals surface area contributed by atoms with Crippen LogP contribution in [0.5, 0.6) is 0 Å². The lowest BCUT2D eigenvalue weighted by Gasteiger charge is -1.98. The first-order chi connectivity index (χ1) is 7.27. The molecule has 5 heteroatoms. The molecule has 1 aromatic rings. The van der Waals surface area contributed by atoms with E-state index in [1.165, 1.54) is 0 Å². The van der Waals surface area contributed by atoms with E-state index >= 15 is 0 Å². The first-order valence-electron chi connectivity index (χ1n) is 4.78. The molecular weight excluding hydrogens is 194 g/mol. The fourth-order valence-corrected chi connectivity index (χ4v) is 1.11. The average Bonchev–Trinajstić information content (AvgIpc) is 2.67. The zero-order valence-electron chi connectivity index (χ0n) is 8.77. The smallest absolute Gasteiger partial charge is 0.244 e. The Morgan fingerprint density at radius 1 is 1.67 bits per heavy atom. The topological polar surface area (TPSA) is 74.2 Å². The maximum absolute atomic E-state index is 5.71. The van der Waals surface area contributed by atoms with Crippen molar-refractivity contribution in [2.24, 2.45) is 5.73 Å². The molecule has 0 saturated carbocycles. The Balaban J connectivity index is 2.45. The summed E-state index contributed by atoms with van der Waals surface area (Å²) in [4.78, 5) is 4.15. The molecule has 0 aliphatic rings. The molecule has 0 aliphatic heterocycles. The largest absolute Gasteiger partial charge is 0.385 e. The molecule has 1 aromatic heterocycles. The molecule has 1 atom stereocenters. The zero-order valence-corrected chi connectivity index (χ0v) is 8.77. The second-order valence-electron chi connectivity index (χ2n) is 3.16. The molecule has 1 heterocycles. The third kappa shape index (κ3) is 3.70. The van der Waals surface area contributed by atoms with Crippen LogP contribution in [0.4, 0.5) is 0 Å². The molecule has 0 fully saturated rings. The van der Waals surface area contributed by atoms with Gasteiger partial charge in [-0.2, -0.15) is 4.98 Å². The number of rotatable bonds is 6. The van der Waals surface area contributed by atoms with E-state index in [1.807, 2.05) is 0 Å². The minimum atomic E-state index is -0.362. The van der Waals surface area contributed by atoms with Crippen molar-refractivity contribution in [3.63, 3.8) is 0 Å². The van der Waals surface area contributed by atoms with Gasteiger partial charge < -0.3 is 15.0 Å². The molecule has 1 rings (SSSR count). The van der Waals surface area contributed by atoms with E-state index in [-0.39, 0.29) is 6.04 Å². The van der Waals surface area contributed by atoms with Crippen molar-refractivity contribution in [1.29, 1.82) is 0 Å². The summed E-state index contributed by atoms with van der Waals surface area (Å²) >= 11 is 0. The summed E-state index contributed by atoms with van der Waals surface area (Å²) in [5.74, 6) is 3.51. The Kier molecular flexibility index (Phi) is 4.81. The van der Waals surface area contributed by atoms with Crippen molar-refractivity contribution in [2.75, 3.05) is 13.7 Å². The van der Waals surface area contributed by atoms with Gasteiger partial charge in [-0.25, -0.2) is 0 Å². The average molecular weight is 209 g/mol. The number of aromatic nitrogens is 2. The molecule has 0 radical (unpaired) electrons. The lowest BCUT2D eigenvalue weighted by Crippen LogP contribution is -2.09. The normalized spacial score (nSPS) is 12.3. The van der Waals surface area contributed by atoms with Crippen molar-refractivity contribution < 1.29 is 9.26 Å². The quantitative estimate of drug-likeness (QED) is 0.550. The molecule has 0 spiro atoms. The molecule has 0 bridgehead atoms. The number of hydrogen-bond donors (Lipinski definition) is 1. The number of methoxy groups -OCH3 is 1. The summed E-state index contributed by atoms with van der Waals surface area (Å²) < 4.78 is 9.91. The molecule has 82 valence electrons. The molecule has 15 heavy (non-hydrogen) atoms. The number of hydrogen-bond acceptors (Lipinski definition) is 5. The monoisotopic (exact) mass is 209 g/mol. The summed E-state index contributed by atoms with van der Waals surface area (Å²) in [6, 6.07) is -0.362. The van der Waals surface area contributed by atoms with Gasteiger partial charge in [-0.3, -0.25) is 0 Å². The van der Waals surface area contributed by atoms with Crippen molar-refractivity contribution in [3.8, 4) is 12.3 Å². The third-order valence-electron chi connectivity index (χ3n) is 1.89. The van der Waals surface area contributed by atoms with Gasteiger partial charge in [0.05, 0.1) is 6.04 Å². The Bertz CT molecular complexity index is 330. The molecule has 0 amide bonds. The van der Waals surface area contributed by atoms with Gasteiger partial charge in [-0.05, 0) is 6.42 Å². The number of terminal acetylenes is 1. The molecule has 0 aliphatic carbocycles. The Morgan fingerprint density at radius 3 is 3.13 bits per heavy atom. The fourth-order valence-electron chi connectivity index (χ4n) is 1.11. The van der Waals surface area contributed by atoms with Crippen LogP contribution in [0.25, 0.3) is 0 Å². The van der Waals surface area contributed by atoms with Gasteiger partial charge in [0, 0.05) is 26.6 Å². The highest BCUT2D eigenvalue weighted by atomic mass is 16.5. The third-order valence-corrected chi connectivity index (χ3v) is 1.89. The van der Waals surface area contributed by atoms with Crippen LogP contribution in [0.3, 0.4) is 0 Å². The fraction of sp³-hybridized carbons (Fsp3) is 0.600. The maximum Gasteiger partial charge on any atom is 0.244 e. The van der Waals surface area contributed by atoms with Crippen LogP contribution < -0.4 is 5.73 Å².